The molecule has 0 aliphatic carbocycles. The molecule has 2 unspecified atom stereocenters. The van der Waals surface area contributed by atoms with E-state index in [0.29, 0.717) is 24.2 Å². The van der Waals surface area contributed by atoms with E-state index >= 15 is 0 Å². The molecule has 2 aromatic carbocycles. The van der Waals surface area contributed by atoms with Gasteiger partial charge in [0.05, 0.1) is 30.6 Å². The smallest absolute Gasteiger partial charge is 0.250 e. The number of ether oxygens (including phenoxy) is 1. The minimum absolute atomic E-state index is 0.0523. The Hall–Kier alpha value is -3.23. The molecule has 1 spiro atoms. The van der Waals surface area contributed by atoms with Gasteiger partial charge in [-0.05, 0) is 55.9 Å². The van der Waals surface area contributed by atoms with Crippen LogP contribution in [0, 0.1) is 31.6 Å². The van der Waals surface area contributed by atoms with Crippen molar-refractivity contribution in [2.24, 2.45) is 17.8 Å². The van der Waals surface area contributed by atoms with Crippen LogP contribution in [0.2, 0.25) is 0 Å². The highest BCUT2D eigenvalue weighted by Crippen LogP contribution is 2.59. The number of carbonyl (C=O) groups is 3. The first-order valence-corrected chi connectivity index (χ1v) is 13.6. The number of para-hydroxylation sites is 2. The Kier molecular flexibility index (Phi) is 7.05. The SMILES string of the molecule is CC[C@H](C)[C@H](CO)N1C(=O)[C@@H]2[C@@H](C(=O)Nc3ccccc3)[C@H]3CCC2(O3)C1C(=O)Nc1c(C)cccc1C. The molecule has 202 valence electrons. The average molecular weight is 520 g/mol. The maximum Gasteiger partial charge on any atom is 0.250 e. The Bertz CT molecular complexity index is 1210. The van der Waals surface area contributed by atoms with E-state index in [1.165, 1.54) is 0 Å². The number of amides is 3. The number of hydrogen-bond acceptors (Lipinski definition) is 5. The quantitative estimate of drug-likeness (QED) is 0.493. The number of carbonyl (C=O) groups excluding carboxylic acids is 3. The second-order valence-electron chi connectivity index (χ2n) is 11.0. The fourth-order valence-corrected chi connectivity index (χ4v) is 6.81. The number of aliphatic hydroxyl groups is 1. The van der Waals surface area contributed by atoms with Crippen molar-refractivity contribution < 1.29 is 24.2 Å². The predicted octanol–water partition coefficient (Wildman–Crippen LogP) is 3.66. The van der Waals surface area contributed by atoms with Gasteiger partial charge in [0.1, 0.15) is 11.6 Å². The Labute approximate surface area is 223 Å². The van der Waals surface area contributed by atoms with Crippen LogP contribution in [-0.4, -0.2) is 58.1 Å². The molecule has 2 bridgehead atoms. The van der Waals surface area contributed by atoms with Crippen LogP contribution in [0.15, 0.2) is 48.5 Å². The zero-order valence-electron chi connectivity index (χ0n) is 22.4. The molecule has 3 aliphatic rings. The van der Waals surface area contributed by atoms with E-state index in [9.17, 15) is 19.5 Å². The zero-order valence-corrected chi connectivity index (χ0v) is 22.4. The topological polar surface area (TPSA) is 108 Å². The first-order chi connectivity index (χ1) is 18.2. The first-order valence-electron chi connectivity index (χ1n) is 13.6. The third-order valence-corrected chi connectivity index (χ3v) is 8.90. The largest absolute Gasteiger partial charge is 0.394 e. The maximum absolute atomic E-state index is 14.2. The molecular formula is C30H37N3O5. The van der Waals surface area contributed by atoms with E-state index in [0.717, 1.165) is 17.5 Å². The van der Waals surface area contributed by atoms with Gasteiger partial charge >= 0.3 is 0 Å². The van der Waals surface area contributed by atoms with E-state index in [4.69, 9.17) is 4.74 Å². The zero-order chi connectivity index (χ0) is 27.2. The van der Waals surface area contributed by atoms with Gasteiger partial charge in [-0.3, -0.25) is 14.4 Å². The molecule has 0 saturated carbocycles. The van der Waals surface area contributed by atoms with Gasteiger partial charge in [-0.25, -0.2) is 0 Å². The number of nitrogens with zero attached hydrogens (tertiary/aromatic N) is 1. The number of hydrogen-bond donors (Lipinski definition) is 3. The van der Waals surface area contributed by atoms with Crippen LogP contribution in [0.1, 0.15) is 44.2 Å². The van der Waals surface area contributed by atoms with E-state index in [1.807, 2.05) is 64.1 Å². The molecule has 3 N–H and O–H groups in total. The third kappa shape index (κ3) is 4.10. The van der Waals surface area contributed by atoms with Crippen LogP contribution in [0.3, 0.4) is 0 Å². The van der Waals surface area contributed by atoms with Crippen molar-refractivity contribution in [1.29, 1.82) is 0 Å². The predicted molar refractivity (Wildman–Crippen MR) is 144 cm³/mol. The van der Waals surface area contributed by atoms with E-state index in [-0.39, 0.29) is 30.2 Å². The molecule has 3 fully saturated rings. The molecule has 8 nitrogen and oxygen atoms in total. The van der Waals surface area contributed by atoms with Crippen LogP contribution in [0.4, 0.5) is 11.4 Å². The summed E-state index contributed by atoms with van der Waals surface area (Å²) in [6.45, 7) is 7.55. The normalized spacial score (nSPS) is 29.2. The molecule has 7 atom stereocenters. The molecule has 3 heterocycles. The summed E-state index contributed by atoms with van der Waals surface area (Å²) in [5.74, 6) is -2.47. The van der Waals surface area contributed by atoms with E-state index in [1.54, 1.807) is 17.0 Å². The fourth-order valence-electron chi connectivity index (χ4n) is 6.81. The molecule has 0 radical (unpaired) electrons. The second kappa shape index (κ2) is 10.2. The highest BCUT2D eigenvalue weighted by atomic mass is 16.5. The number of benzene rings is 2. The maximum atomic E-state index is 14.2. The van der Waals surface area contributed by atoms with Gasteiger partial charge in [0.2, 0.25) is 17.7 Å². The lowest BCUT2D eigenvalue weighted by molar-refractivity contribution is -0.144. The molecule has 8 heteroatoms. The molecular weight excluding hydrogens is 482 g/mol. The van der Waals surface area contributed by atoms with Crippen molar-refractivity contribution in [3.05, 3.63) is 59.7 Å². The van der Waals surface area contributed by atoms with Gasteiger partial charge in [0.15, 0.2) is 0 Å². The highest BCUT2D eigenvalue weighted by Gasteiger charge is 2.75. The van der Waals surface area contributed by atoms with Crippen LogP contribution < -0.4 is 10.6 Å². The highest BCUT2D eigenvalue weighted by molar-refractivity contribution is 6.05. The van der Waals surface area contributed by atoms with Gasteiger partial charge in [-0.1, -0.05) is 56.7 Å². The van der Waals surface area contributed by atoms with Crippen molar-refractivity contribution >= 4 is 29.1 Å². The number of fused-ring (bicyclic) bond motifs is 1. The van der Waals surface area contributed by atoms with Crippen LogP contribution in [0.5, 0.6) is 0 Å². The van der Waals surface area contributed by atoms with Crippen LogP contribution in [-0.2, 0) is 19.1 Å². The van der Waals surface area contributed by atoms with E-state index in [2.05, 4.69) is 10.6 Å². The van der Waals surface area contributed by atoms with Crippen molar-refractivity contribution in [1.82, 2.24) is 4.90 Å². The molecule has 5 rings (SSSR count). The summed E-state index contributed by atoms with van der Waals surface area (Å²) in [6, 6.07) is 13.4. The van der Waals surface area contributed by atoms with Gasteiger partial charge in [-0.15, -0.1) is 0 Å². The van der Waals surface area contributed by atoms with Gasteiger partial charge in [0.25, 0.3) is 0 Å². The van der Waals surface area contributed by atoms with Crippen LogP contribution in [0.25, 0.3) is 0 Å². The summed E-state index contributed by atoms with van der Waals surface area (Å²) in [6.07, 6.45) is 1.37. The summed E-state index contributed by atoms with van der Waals surface area (Å²) in [5.41, 5.74) is 2.07. The lowest BCUT2D eigenvalue weighted by atomic mass is 9.70. The number of aliphatic hydroxyl groups excluding tert-OH is 1. The average Bonchev–Trinajstić information content (AvgIpc) is 3.55. The van der Waals surface area contributed by atoms with Crippen molar-refractivity contribution in [2.75, 3.05) is 17.2 Å². The second-order valence-corrected chi connectivity index (χ2v) is 11.0. The molecule has 38 heavy (non-hydrogen) atoms. The lowest BCUT2D eigenvalue weighted by Crippen LogP contribution is -2.57. The van der Waals surface area contributed by atoms with Crippen LogP contribution >= 0.6 is 0 Å². The summed E-state index contributed by atoms with van der Waals surface area (Å²) >= 11 is 0. The van der Waals surface area contributed by atoms with E-state index < -0.39 is 35.6 Å². The molecule has 3 amide bonds. The van der Waals surface area contributed by atoms with Gasteiger partial charge < -0.3 is 25.4 Å². The van der Waals surface area contributed by atoms with Gasteiger partial charge in [-0.2, -0.15) is 0 Å². The molecule has 0 aromatic heterocycles. The number of nitrogens with one attached hydrogen (secondary N) is 2. The van der Waals surface area contributed by atoms with Crippen molar-refractivity contribution in [2.45, 2.75) is 70.7 Å². The standard InChI is InChI=1S/C30H37N3O5/c1-5-17(2)21(16-34)33-26(28(36)32-25-18(3)10-9-11-19(25)4)30-15-14-22(38-30)23(24(30)29(33)37)27(35)31-20-12-7-6-8-13-20/h6-13,17,21-24,26,34H,5,14-16H2,1-4H3,(H,31,35)(H,32,36)/t17-,21-,22+,23-,24-,26?,30?/m0/s1. The summed E-state index contributed by atoms with van der Waals surface area (Å²) in [4.78, 5) is 43.5. The molecule has 3 saturated heterocycles. The summed E-state index contributed by atoms with van der Waals surface area (Å²) < 4.78 is 6.53. The third-order valence-electron chi connectivity index (χ3n) is 8.90. The summed E-state index contributed by atoms with van der Waals surface area (Å²) in [5, 5.41) is 16.5. The molecule has 3 aliphatic heterocycles. The minimum atomic E-state index is -1.12. The number of anilines is 2. The number of likely N-dealkylation sites (tertiary alicyclic amines) is 1. The van der Waals surface area contributed by atoms with Gasteiger partial charge in [0, 0.05) is 11.4 Å². The lowest BCUT2D eigenvalue weighted by Gasteiger charge is -2.39. The Morgan fingerprint density at radius 2 is 1.76 bits per heavy atom. The van der Waals surface area contributed by atoms with Crippen molar-refractivity contribution in [3.63, 3.8) is 0 Å². The first kappa shape index (κ1) is 26.4. The monoisotopic (exact) mass is 519 g/mol. The Morgan fingerprint density at radius 3 is 2.39 bits per heavy atom. The molecule has 2 aromatic rings. The fraction of sp³-hybridized carbons (Fsp3) is 0.500. The Morgan fingerprint density at radius 1 is 1.08 bits per heavy atom. The number of rotatable bonds is 8. The summed E-state index contributed by atoms with van der Waals surface area (Å²) in [7, 11) is 0. The van der Waals surface area contributed by atoms with Crippen molar-refractivity contribution in [3.8, 4) is 0 Å². The number of aryl methyl sites for hydroxylation is 2. The minimum Gasteiger partial charge on any atom is -0.394 e. The Balaban J connectivity index is 1.54.